The zero-order valence-electron chi connectivity index (χ0n) is 24.4. The molecule has 0 fully saturated rings. The molecule has 0 saturated heterocycles. The predicted molar refractivity (Wildman–Crippen MR) is 149 cm³/mol. The maximum absolute atomic E-state index is 6.74. The molecule has 0 aliphatic rings. The van der Waals surface area contributed by atoms with Crippen LogP contribution in [0.25, 0.3) is 0 Å². The van der Waals surface area contributed by atoms with Gasteiger partial charge in [-0.05, 0) is 57.8 Å². The van der Waals surface area contributed by atoms with Crippen molar-refractivity contribution in [1.82, 2.24) is 14.7 Å². The lowest BCUT2D eigenvalue weighted by Gasteiger charge is -2.38. The standard InChI is InChI=1S/C27H60N3O3P/c1-10-19-28(20-11-2)25(16-7)31-34(32-26(17-8)29(21-12-3)22-13-4)33-27(18-9)30(23-14-5)24-15-6/h25-27H,10-24H2,1-9H3. The van der Waals surface area contributed by atoms with Gasteiger partial charge in [0.2, 0.25) is 0 Å². The smallest absolute Gasteiger partial charge is 0.293 e. The first kappa shape index (κ1) is 34.2. The van der Waals surface area contributed by atoms with Crippen LogP contribution in [0.4, 0.5) is 0 Å². The molecule has 0 amide bonds. The SMILES string of the molecule is CCCN(CCC)C(CC)OP(OC(CC)N(CCC)CCC)OC(CC)N(CCC)CCC. The van der Waals surface area contributed by atoms with Gasteiger partial charge in [-0.15, -0.1) is 0 Å². The summed E-state index contributed by atoms with van der Waals surface area (Å²) < 4.78 is 20.2. The van der Waals surface area contributed by atoms with Crippen LogP contribution in [0.5, 0.6) is 0 Å². The van der Waals surface area contributed by atoms with Crippen molar-refractivity contribution in [1.29, 1.82) is 0 Å². The molecule has 0 aliphatic heterocycles. The van der Waals surface area contributed by atoms with Crippen LogP contribution in [0.2, 0.25) is 0 Å². The highest BCUT2D eigenvalue weighted by atomic mass is 31.2. The summed E-state index contributed by atoms with van der Waals surface area (Å²) in [7, 11) is -1.48. The van der Waals surface area contributed by atoms with Crippen molar-refractivity contribution in [3.8, 4) is 0 Å². The monoisotopic (exact) mass is 505 g/mol. The van der Waals surface area contributed by atoms with E-state index in [1.54, 1.807) is 0 Å². The second kappa shape index (κ2) is 22.4. The van der Waals surface area contributed by atoms with Gasteiger partial charge >= 0.3 is 8.60 Å². The van der Waals surface area contributed by atoms with Crippen molar-refractivity contribution >= 4 is 8.60 Å². The number of hydrogen-bond donors (Lipinski definition) is 0. The highest BCUT2D eigenvalue weighted by Crippen LogP contribution is 2.46. The fraction of sp³-hybridized carbons (Fsp3) is 1.00. The molecule has 0 spiro atoms. The maximum Gasteiger partial charge on any atom is 0.337 e. The van der Waals surface area contributed by atoms with Crippen molar-refractivity contribution in [2.45, 2.75) is 139 Å². The third-order valence-corrected chi connectivity index (χ3v) is 7.20. The van der Waals surface area contributed by atoms with E-state index in [4.69, 9.17) is 13.6 Å². The molecular formula is C27H60N3O3P. The lowest BCUT2D eigenvalue weighted by atomic mass is 10.3. The van der Waals surface area contributed by atoms with Crippen LogP contribution in [-0.4, -0.2) is 72.7 Å². The van der Waals surface area contributed by atoms with Crippen LogP contribution in [-0.2, 0) is 13.6 Å². The van der Waals surface area contributed by atoms with Crippen LogP contribution in [0, 0.1) is 0 Å². The number of rotatable bonds is 24. The molecule has 0 radical (unpaired) electrons. The van der Waals surface area contributed by atoms with E-state index in [9.17, 15) is 0 Å². The Morgan fingerprint density at radius 3 is 0.765 bits per heavy atom. The lowest BCUT2D eigenvalue weighted by Crippen LogP contribution is -2.41. The van der Waals surface area contributed by atoms with E-state index in [-0.39, 0.29) is 18.7 Å². The molecule has 0 N–H and O–H groups in total. The summed E-state index contributed by atoms with van der Waals surface area (Å²) in [5.74, 6) is 0. The Bertz CT molecular complexity index is 368. The minimum atomic E-state index is -1.48. The van der Waals surface area contributed by atoms with Crippen molar-refractivity contribution in [3.05, 3.63) is 0 Å². The molecule has 0 heterocycles. The summed E-state index contributed by atoms with van der Waals surface area (Å²) in [4.78, 5) is 7.40. The van der Waals surface area contributed by atoms with Gasteiger partial charge in [0.25, 0.3) is 0 Å². The van der Waals surface area contributed by atoms with Gasteiger partial charge in [0, 0.05) is 39.3 Å². The predicted octanol–water partition coefficient (Wildman–Crippen LogP) is 7.84. The van der Waals surface area contributed by atoms with E-state index < -0.39 is 8.60 Å². The van der Waals surface area contributed by atoms with Gasteiger partial charge in [-0.2, -0.15) is 0 Å². The van der Waals surface area contributed by atoms with Gasteiger partial charge in [-0.3, -0.25) is 28.3 Å². The molecule has 0 bridgehead atoms. The van der Waals surface area contributed by atoms with Gasteiger partial charge in [-0.1, -0.05) is 62.3 Å². The largest absolute Gasteiger partial charge is 0.337 e. The molecule has 206 valence electrons. The Labute approximate surface area is 215 Å². The average molecular weight is 506 g/mol. The third-order valence-electron chi connectivity index (χ3n) is 5.96. The molecule has 0 aromatic carbocycles. The summed E-state index contributed by atoms with van der Waals surface area (Å²) in [6.45, 7) is 26.3. The highest BCUT2D eigenvalue weighted by Gasteiger charge is 2.31. The zero-order valence-corrected chi connectivity index (χ0v) is 25.2. The van der Waals surface area contributed by atoms with Crippen LogP contribution >= 0.6 is 8.60 Å². The van der Waals surface area contributed by atoms with Crippen molar-refractivity contribution in [2.75, 3.05) is 39.3 Å². The molecule has 0 aromatic heterocycles. The van der Waals surface area contributed by atoms with Gasteiger partial charge in [0.05, 0.1) is 0 Å². The highest BCUT2D eigenvalue weighted by molar-refractivity contribution is 7.41. The normalized spacial score (nSPS) is 15.9. The van der Waals surface area contributed by atoms with Crippen LogP contribution < -0.4 is 0 Å². The quantitative estimate of drug-likeness (QED) is 0.0982. The molecule has 0 aromatic rings. The van der Waals surface area contributed by atoms with Crippen LogP contribution in [0.3, 0.4) is 0 Å². The fourth-order valence-corrected chi connectivity index (χ4v) is 6.09. The Morgan fingerprint density at radius 2 is 0.618 bits per heavy atom. The second-order valence-corrected chi connectivity index (χ2v) is 10.3. The molecule has 3 unspecified atom stereocenters. The molecule has 0 aliphatic carbocycles. The third kappa shape index (κ3) is 13.5. The van der Waals surface area contributed by atoms with Gasteiger partial charge < -0.3 is 0 Å². The minimum absolute atomic E-state index is 0.0256. The van der Waals surface area contributed by atoms with Gasteiger partial charge in [0.1, 0.15) is 18.7 Å². The Hall–Kier alpha value is 0.190. The summed E-state index contributed by atoms with van der Waals surface area (Å²) in [6, 6.07) is 0. The van der Waals surface area contributed by atoms with E-state index in [0.29, 0.717) is 0 Å². The van der Waals surface area contributed by atoms with Crippen molar-refractivity contribution in [2.24, 2.45) is 0 Å². The number of nitrogens with zero attached hydrogens (tertiary/aromatic N) is 3. The molecule has 7 heteroatoms. The first-order valence-corrected chi connectivity index (χ1v) is 15.6. The summed E-state index contributed by atoms with van der Waals surface area (Å²) in [6.07, 6.45) is 9.60. The molecular weight excluding hydrogens is 445 g/mol. The number of hydrogen-bond acceptors (Lipinski definition) is 6. The second-order valence-electron chi connectivity index (χ2n) is 9.24. The zero-order chi connectivity index (χ0) is 25.8. The molecule has 3 atom stereocenters. The van der Waals surface area contributed by atoms with E-state index in [2.05, 4.69) is 77.0 Å². The van der Waals surface area contributed by atoms with E-state index >= 15 is 0 Å². The molecule has 6 nitrogen and oxygen atoms in total. The van der Waals surface area contributed by atoms with Crippen molar-refractivity contribution in [3.63, 3.8) is 0 Å². The Balaban J connectivity index is 5.84. The van der Waals surface area contributed by atoms with Gasteiger partial charge in [0.15, 0.2) is 0 Å². The molecule has 34 heavy (non-hydrogen) atoms. The van der Waals surface area contributed by atoms with Crippen LogP contribution in [0.1, 0.15) is 120 Å². The first-order chi connectivity index (χ1) is 16.5. The fourth-order valence-electron chi connectivity index (χ4n) is 4.49. The van der Waals surface area contributed by atoms with E-state index in [0.717, 1.165) is 97.1 Å². The summed E-state index contributed by atoms with van der Waals surface area (Å²) in [5, 5.41) is 0. The van der Waals surface area contributed by atoms with E-state index in [1.165, 1.54) is 0 Å². The lowest BCUT2D eigenvalue weighted by molar-refractivity contribution is -0.0630. The van der Waals surface area contributed by atoms with Crippen LogP contribution in [0.15, 0.2) is 0 Å². The Morgan fingerprint density at radius 1 is 0.412 bits per heavy atom. The molecule has 0 rings (SSSR count). The van der Waals surface area contributed by atoms with Crippen molar-refractivity contribution < 1.29 is 13.6 Å². The minimum Gasteiger partial charge on any atom is -0.293 e. The average Bonchev–Trinajstić information content (AvgIpc) is 2.83. The van der Waals surface area contributed by atoms with Gasteiger partial charge in [-0.25, -0.2) is 0 Å². The Kier molecular flexibility index (Phi) is 22.5. The maximum atomic E-state index is 6.74. The van der Waals surface area contributed by atoms with E-state index in [1.807, 2.05) is 0 Å². The molecule has 0 saturated carbocycles. The first-order valence-electron chi connectivity index (χ1n) is 14.5. The topological polar surface area (TPSA) is 37.4 Å². The summed E-state index contributed by atoms with van der Waals surface area (Å²) >= 11 is 0. The summed E-state index contributed by atoms with van der Waals surface area (Å²) in [5.41, 5.74) is 0.